The van der Waals surface area contributed by atoms with Gasteiger partial charge in [-0.2, -0.15) is 0 Å². The van der Waals surface area contributed by atoms with Gasteiger partial charge in [-0.05, 0) is 31.6 Å². The molecule has 0 fully saturated rings. The lowest BCUT2D eigenvalue weighted by atomic mass is 10.2. The second kappa shape index (κ2) is 6.27. The van der Waals surface area contributed by atoms with E-state index >= 15 is 0 Å². The van der Waals surface area contributed by atoms with Crippen molar-refractivity contribution in [2.24, 2.45) is 0 Å². The molecule has 7 heteroatoms. The number of aliphatic carboxylic acids is 1. The first-order chi connectivity index (χ1) is 9.95. The number of carbonyl (C=O) groups excluding carboxylic acids is 1. The van der Waals surface area contributed by atoms with Gasteiger partial charge in [-0.25, -0.2) is 9.78 Å². The van der Waals surface area contributed by atoms with E-state index in [-0.39, 0.29) is 11.6 Å². The van der Waals surface area contributed by atoms with E-state index in [0.29, 0.717) is 10.7 Å². The second-order valence-corrected chi connectivity index (χ2v) is 5.47. The number of aromatic nitrogens is 2. The van der Waals surface area contributed by atoms with Gasteiger partial charge >= 0.3 is 5.97 Å². The maximum Gasteiger partial charge on any atom is 0.328 e. The Hall–Kier alpha value is -2.54. The molecule has 108 valence electrons. The van der Waals surface area contributed by atoms with E-state index in [2.05, 4.69) is 15.3 Å². The third-order valence-electron chi connectivity index (χ3n) is 2.69. The summed E-state index contributed by atoms with van der Waals surface area (Å²) in [4.78, 5) is 31.7. The van der Waals surface area contributed by atoms with Crippen LogP contribution in [0, 0.1) is 13.8 Å². The molecule has 2 rings (SSSR count). The van der Waals surface area contributed by atoms with Gasteiger partial charge < -0.3 is 5.11 Å². The average molecular weight is 303 g/mol. The second-order valence-electron chi connectivity index (χ2n) is 4.26. The fourth-order valence-corrected chi connectivity index (χ4v) is 2.30. The van der Waals surface area contributed by atoms with Crippen LogP contribution < -0.4 is 5.32 Å². The van der Waals surface area contributed by atoms with Crippen molar-refractivity contribution in [3.05, 3.63) is 46.2 Å². The van der Waals surface area contributed by atoms with Crippen molar-refractivity contribution < 1.29 is 14.7 Å². The highest BCUT2D eigenvalue weighted by molar-refractivity contribution is 7.15. The fourth-order valence-electron chi connectivity index (χ4n) is 1.49. The van der Waals surface area contributed by atoms with Gasteiger partial charge in [-0.1, -0.05) is 6.07 Å². The summed E-state index contributed by atoms with van der Waals surface area (Å²) in [5.41, 5.74) is 1.74. The molecule has 0 aliphatic rings. The van der Waals surface area contributed by atoms with Crippen LogP contribution >= 0.6 is 11.3 Å². The molecule has 0 atom stereocenters. The molecule has 1 amide bonds. The van der Waals surface area contributed by atoms with E-state index in [4.69, 9.17) is 5.11 Å². The molecule has 2 aromatic heterocycles. The Morgan fingerprint density at radius 1 is 1.33 bits per heavy atom. The lowest BCUT2D eigenvalue weighted by molar-refractivity contribution is -0.131. The molecule has 0 aliphatic carbocycles. The zero-order chi connectivity index (χ0) is 15.4. The highest BCUT2D eigenvalue weighted by Crippen LogP contribution is 2.21. The van der Waals surface area contributed by atoms with Crippen molar-refractivity contribution in [2.45, 2.75) is 13.8 Å². The van der Waals surface area contributed by atoms with Crippen molar-refractivity contribution in [1.29, 1.82) is 0 Å². The van der Waals surface area contributed by atoms with Gasteiger partial charge in [0, 0.05) is 17.2 Å². The molecule has 0 unspecified atom stereocenters. The lowest BCUT2D eigenvalue weighted by Gasteiger charge is -2.01. The van der Waals surface area contributed by atoms with E-state index in [9.17, 15) is 9.59 Å². The number of pyridine rings is 1. The number of hydrogen-bond donors (Lipinski definition) is 2. The van der Waals surface area contributed by atoms with Gasteiger partial charge in [0.2, 0.25) is 0 Å². The smallest absolute Gasteiger partial charge is 0.328 e. The Balaban J connectivity index is 2.07. The van der Waals surface area contributed by atoms with Crippen LogP contribution in [0.1, 0.15) is 26.6 Å². The molecule has 2 N–H and O–H groups in total. The van der Waals surface area contributed by atoms with Crippen LogP contribution in [0.15, 0.2) is 24.4 Å². The maximum absolute atomic E-state index is 12.0. The minimum absolute atomic E-state index is 0.244. The summed E-state index contributed by atoms with van der Waals surface area (Å²) < 4.78 is 0. The number of carboxylic acid groups (broad SMARTS) is 1. The minimum atomic E-state index is -1.04. The number of anilines is 1. The van der Waals surface area contributed by atoms with Crippen LogP contribution in [-0.4, -0.2) is 27.0 Å². The van der Waals surface area contributed by atoms with Gasteiger partial charge in [0.1, 0.15) is 5.69 Å². The van der Waals surface area contributed by atoms with Crippen molar-refractivity contribution in [3.63, 3.8) is 0 Å². The molecule has 0 radical (unpaired) electrons. The SMILES string of the molecule is Cc1nc(NC(=O)c2ccc(C=CC(=O)O)cn2)sc1C. The number of nitrogens with one attached hydrogen (secondary N) is 1. The third kappa shape index (κ3) is 3.96. The number of thiazole rings is 1. The van der Waals surface area contributed by atoms with Gasteiger partial charge in [0.05, 0.1) is 5.69 Å². The minimum Gasteiger partial charge on any atom is -0.478 e. The Labute approximate surface area is 125 Å². The van der Waals surface area contributed by atoms with Crippen LogP contribution in [0.5, 0.6) is 0 Å². The quantitative estimate of drug-likeness (QED) is 0.847. The third-order valence-corrected chi connectivity index (χ3v) is 3.67. The molecule has 0 bridgehead atoms. The number of nitrogens with zero attached hydrogens (tertiary/aromatic N) is 2. The number of amides is 1. The Morgan fingerprint density at radius 3 is 2.62 bits per heavy atom. The van der Waals surface area contributed by atoms with Crippen molar-refractivity contribution in [3.8, 4) is 0 Å². The Bertz CT molecular complexity index is 685. The average Bonchev–Trinajstić information content (AvgIpc) is 2.75. The zero-order valence-corrected chi connectivity index (χ0v) is 12.3. The highest BCUT2D eigenvalue weighted by atomic mass is 32.1. The molecule has 0 saturated heterocycles. The van der Waals surface area contributed by atoms with Crippen LogP contribution in [0.4, 0.5) is 5.13 Å². The number of rotatable bonds is 4. The van der Waals surface area contributed by atoms with Gasteiger partial charge in [0.25, 0.3) is 5.91 Å². The van der Waals surface area contributed by atoms with Crippen molar-refractivity contribution >= 4 is 34.4 Å². The van der Waals surface area contributed by atoms with Crippen LogP contribution in [0.3, 0.4) is 0 Å². The van der Waals surface area contributed by atoms with Crippen LogP contribution in [0.25, 0.3) is 6.08 Å². The van der Waals surface area contributed by atoms with Crippen LogP contribution in [-0.2, 0) is 4.79 Å². The van der Waals surface area contributed by atoms with E-state index in [0.717, 1.165) is 16.6 Å². The molecular formula is C14H13N3O3S. The predicted octanol–water partition coefficient (Wildman–Crippen LogP) is 2.51. The zero-order valence-electron chi connectivity index (χ0n) is 11.5. The summed E-state index contributed by atoms with van der Waals surface area (Å²) in [6.45, 7) is 3.81. The molecule has 2 heterocycles. The first-order valence-corrected chi connectivity index (χ1v) is 6.90. The molecule has 0 aromatic carbocycles. The fraction of sp³-hybridized carbons (Fsp3) is 0.143. The Kier molecular flexibility index (Phi) is 4.44. The monoisotopic (exact) mass is 303 g/mol. The number of carboxylic acids is 1. The Morgan fingerprint density at radius 2 is 2.10 bits per heavy atom. The normalized spacial score (nSPS) is 10.8. The van der Waals surface area contributed by atoms with Crippen LogP contribution in [0.2, 0.25) is 0 Å². The van der Waals surface area contributed by atoms with E-state index in [1.54, 1.807) is 6.07 Å². The molecular weight excluding hydrogens is 290 g/mol. The highest BCUT2D eigenvalue weighted by Gasteiger charge is 2.10. The number of aryl methyl sites for hydroxylation is 2. The first-order valence-electron chi connectivity index (χ1n) is 6.08. The molecule has 0 spiro atoms. The molecule has 6 nitrogen and oxygen atoms in total. The topological polar surface area (TPSA) is 92.2 Å². The predicted molar refractivity (Wildman–Crippen MR) is 80.4 cm³/mol. The first kappa shape index (κ1) is 14.9. The summed E-state index contributed by atoms with van der Waals surface area (Å²) in [6, 6.07) is 3.16. The summed E-state index contributed by atoms with van der Waals surface area (Å²) in [6.07, 6.45) is 3.86. The number of hydrogen-bond acceptors (Lipinski definition) is 5. The van der Waals surface area contributed by atoms with Crippen molar-refractivity contribution in [1.82, 2.24) is 9.97 Å². The van der Waals surface area contributed by atoms with Crippen molar-refractivity contribution in [2.75, 3.05) is 5.32 Å². The number of carbonyl (C=O) groups is 2. The van der Waals surface area contributed by atoms with E-state index in [1.165, 1.54) is 29.7 Å². The van der Waals surface area contributed by atoms with E-state index in [1.807, 2.05) is 13.8 Å². The summed E-state index contributed by atoms with van der Waals surface area (Å²) in [7, 11) is 0. The molecule has 21 heavy (non-hydrogen) atoms. The summed E-state index contributed by atoms with van der Waals surface area (Å²) >= 11 is 1.40. The summed E-state index contributed by atoms with van der Waals surface area (Å²) in [5.74, 6) is -1.39. The standard InChI is InChI=1S/C14H13N3O3S/c1-8-9(2)21-14(16-8)17-13(20)11-5-3-10(7-15-11)4-6-12(18)19/h3-7H,1-2H3,(H,18,19)(H,16,17,20). The molecule has 0 saturated carbocycles. The van der Waals surface area contributed by atoms with Gasteiger partial charge in [-0.15, -0.1) is 11.3 Å². The lowest BCUT2D eigenvalue weighted by Crippen LogP contribution is -2.13. The van der Waals surface area contributed by atoms with Gasteiger partial charge in [0.15, 0.2) is 5.13 Å². The molecule has 2 aromatic rings. The van der Waals surface area contributed by atoms with Gasteiger partial charge in [-0.3, -0.25) is 15.1 Å². The molecule has 0 aliphatic heterocycles. The van der Waals surface area contributed by atoms with E-state index < -0.39 is 5.97 Å². The largest absolute Gasteiger partial charge is 0.478 e. The maximum atomic E-state index is 12.0. The summed E-state index contributed by atoms with van der Waals surface area (Å²) in [5, 5.41) is 11.7.